The second kappa shape index (κ2) is 12.4. The molecular formula is C33H30ClN3O8. The second-order valence-electron chi connectivity index (χ2n) is 10.7. The van der Waals surface area contributed by atoms with Gasteiger partial charge in [-0.25, -0.2) is 4.79 Å². The van der Waals surface area contributed by atoms with Crippen molar-refractivity contribution in [2.24, 2.45) is 0 Å². The molecule has 0 atom stereocenters. The molecule has 4 aromatic carbocycles. The lowest BCUT2D eigenvalue weighted by Gasteiger charge is -2.39. The van der Waals surface area contributed by atoms with Gasteiger partial charge in [0.2, 0.25) is 0 Å². The van der Waals surface area contributed by atoms with Crippen molar-refractivity contribution in [3.05, 3.63) is 99.1 Å². The molecule has 45 heavy (non-hydrogen) atoms. The number of benzene rings is 4. The topological polar surface area (TPSA) is 129 Å². The highest BCUT2D eigenvalue weighted by Gasteiger charge is 2.39. The van der Waals surface area contributed by atoms with E-state index < -0.39 is 16.4 Å². The Morgan fingerprint density at radius 2 is 1.67 bits per heavy atom. The number of carbonyl (C=O) groups excluding carboxylic acids is 2. The number of esters is 1. The number of nitrogens with one attached hydrogen (secondary N) is 1. The maximum Gasteiger partial charge on any atom is 0.345 e. The van der Waals surface area contributed by atoms with Crippen molar-refractivity contribution in [3.63, 3.8) is 0 Å². The van der Waals surface area contributed by atoms with E-state index in [9.17, 15) is 19.7 Å². The number of methoxy groups -OCH3 is 2. The summed E-state index contributed by atoms with van der Waals surface area (Å²) in [5.74, 6) is 0.271. The predicted molar refractivity (Wildman–Crippen MR) is 170 cm³/mol. The number of nitrogens with zero attached hydrogens (tertiary/aromatic N) is 2. The Balaban J connectivity index is 1.59. The number of nitro benzene ring substituents is 1. The van der Waals surface area contributed by atoms with E-state index >= 15 is 0 Å². The molecular weight excluding hydrogens is 602 g/mol. The first kappa shape index (κ1) is 31.1. The summed E-state index contributed by atoms with van der Waals surface area (Å²) in [6.07, 6.45) is 0. The number of carbonyl (C=O) groups is 2. The van der Waals surface area contributed by atoms with Crippen LogP contribution in [0, 0.1) is 10.1 Å². The zero-order chi connectivity index (χ0) is 32.5. The summed E-state index contributed by atoms with van der Waals surface area (Å²) >= 11 is 6.17. The number of non-ortho nitro benzene ring substituents is 1. The lowest BCUT2D eigenvalue weighted by molar-refractivity contribution is -0.385. The van der Waals surface area contributed by atoms with E-state index in [2.05, 4.69) is 5.32 Å². The molecule has 0 aliphatic carbocycles. The zero-order valence-corrected chi connectivity index (χ0v) is 25.9. The fraction of sp³-hybridized carbons (Fsp3) is 0.212. The van der Waals surface area contributed by atoms with Crippen LogP contribution in [-0.2, 0) is 11.4 Å². The lowest BCUT2D eigenvalue weighted by atomic mass is 9.91. The minimum Gasteiger partial charge on any atom is -0.496 e. The molecule has 0 bridgehead atoms. The Labute approximate surface area is 264 Å². The van der Waals surface area contributed by atoms with Gasteiger partial charge >= 0.3 is 5.97 Å². The summed E-state index contributed by atoms with van der Waals surface area (Å²) in [5.41, 5.74) is 2.32. The predicted octanol–water partition coefficient (Wildman–Crippen LogP) is 6.90. The quantitative estimate of drug-likeness (QED) is 0.0907. The molecule has 4 aromatic rings. The number of ether oxygens (including phenoxy) is 4. The van der Waals surface area contributed by atoms with Crippen molar-refractivity contribution in [2.75, 3.05) is 31.5 Å². The van der Waals surface area contributed by atoms with Crippen molar-refractivity contribution in [1.82, 2.24) is 0 Å². The molecule has 0 saturated carbocycles. The SMILES string of the molecule is COc1ccc([N+](=O)[O-])cc1OCc1c(-c2ccc(OC(=O)c3ccccc3Cl)cc2OC)ccc2c1N(C)C(=O)C(C)(C)N2. The van der Waals surface area contributed by atoms with Crippen LogP contribution in [0.15, 0.2) is 72.8 Å². The first-order chi connectivity index (χ1) is 21.4. The van der Waals surface area contributed by atoms with Crippen LogP contribution in [0.2, 0.25) is 5.02 Å². The van der Waals surface area contributed by atoms with Crippen LogP contribution in [0.1, 0.15) is 29.8 Å². The Kier molecular flexibility index (Phi) is 8.56. The number of halogens is 1. The van der Waals surface area contributed by atoms with Gasteiger partial charge in [0.25, 0.3) is 11.6 Å². The maximum absolute atomic E-state index is 13.4. The number of amides is 1. The van der Waals surface area contributed by atoms with Gasteiger partial charge in [0.1, 0.15) is 23.6 Å². The molecule has 1 amide bonds. The Morgan fingerprint density at radius 3 is 2.36 bits per heavy atom. The van der Waals surface area contributed by atoms with E-state index in [1.54, 1.807) is 68.3 Å². The van der Waals surface area contributed by atoms with Gasteiger partial charge in [-0.2, -0.15) is 0 Å². The third kappa shape index (κ3) is 6.07. The van der Waals surface area contributed by atoms with Crippen LogP contribution in [0.4, 0.5) is 17.1 Å². The largest absolute Gasteiger partial charge is 0.496 e. The number of rotatable bonds is 9. The number of hydrogen-bond acceptors (Lipinski definition) is 9. The first-order valence-corrected chi connectivity index (χ1v) is 14.2. The van der Waals surface area contributed by atoms with Gasteiger partial charge in [0.15, 0.2) is 11.5 Å². The van der Waals surface area contributed by atoms with Gasteiger partial charge in [0.05, 0.1) is 47.2 Å². The number of hydrogen-bond donors (Lipinski definition) is 1. The average Bonchev–Trinajstić information content (AvgIpc) is 3.02. The van der Waals surface area contributed by atoms with E-state index in [-0.39, 0.29) is 40.3 Å². The van der Waals surface area contributed by atoms with E-state index in [4.69, 9.17) is 30.5 Å². The highest BCUT2D eigenvalue weighted by molar-refractivity contribution is 6.33. The number of likely N-dealkylation sites (N-methyl/N-ethyl adjacent to an activating group) is 1. The summed E-state index contributed by atoms with van der Waals surface area (Å²) < 4.78 is 22.9. The number of nitro groups is 1. The standard InChI is InChI=1S/C33H30ClN3O8/c1-33(2)32(39)36(3)30-24(18-44-29-16-19(37(40)41)10-15-27(29)42-4)21(13-14-26(30)35-33)22-12-11-20(17-28(22)43-5)45-31(38)23-8-6-7-9-25(23)34/h6-17,35H,18H2,1-5H3. The third-order valence-electron chi connectivity index (χ3n) is 7.40. The molecule has 0 fully saturated rings. The van der Waals surface area contributed by atoms with E-state index in [0.29, 0.717) is 39.6 Å². The molecule has 0 radical (unpaired) electrons. The molecule has 0 saturated heterocycles. The average molecular weight is 632 g/mol. The van der Waals surface area contributed by atoms with E-state index in [1.807, 2.05) is 12.1 Å². The van der Waals surface area contributed by atoms with Crippen molar-refractivity contribution in [1.29, 1.82) is 0 Å². The van der Waals surface area contributed by atoms with Crippen LogP contribution < -0.4 is 29.2 Å². The van der Waals surface area contributed by atoms with Gasteiger partial charge in [-0.1, -0.05) is 29.8 Å². The Bertz CT molecular complexity index is 1820. The molecule has 232 valence electrons. The molecule has 0 spiro atoms. The van der Waals surface area contributed by atoms with Gasteiger partial charge in [-0.15, -0.1) is 0 Å². The fourth-order valence-corrected chi connectivity index (χ4v) is 5.43. The van der Waals surface area contributed by atoms with Gasteiger partial charge in [-0.3, -0.25) is 14.9 Å². The molecule has 5 rings (SSSR count). The summed E-state index contributed by atoms with van der Waals surface area (Å²) in [5, 5.41) is 15.0. The molecule has 11 nitrogen and oxygen atoms in total. The fourth-order valence-electron chi connectivity index (χ4n) is 5.22. The first-order valence-electron chi connectivity index (χ1n) is 13.8. The molecule has 1 aliphatic heterocycles. The van der Waals surface area contributed by atoms with Gasteiger partial charge < -0.3 is 29.2 Å². The maximum atomic E-state index is 13.4. The normalized spacial score (nSPS) is 13.4. The van der Waals surface area contributed by atoms with E-state index in [0.717, 1.165) is 0 Å². The molecule has 0 unspecified atom stereocenters. The molecule has 0 aromatic heterocycles. The molecule has 12 heteroatoms. The third-order valence-corrected chi connectivity index (χ3v) is 7.73. The summed E-state index contributed by atoms with van der Waals surface area (Å²) in [6.45, 7) is 3.49. The Morgan fingerprint density at radius 1 is 0.956 bits per heavy atom. The van der Waals surface area contributed by atoms with Crippen LogP contribution in [0.3, 0.4) is 0 Å². The van der Waals surface area contributed by atoms with Crippen LogP contribution in [0.5, 0.6) is 23.0 Å². The van der Waals surface area contributed by atoms with Crippen LogP contribution in [-0.4, -0.2) is 43.6 Å². The smallest absolute Gasteiger partial charge is 0.345 e. The van der Waals surface area contributed by atoms with Crippen molar-refractivity contribution < 1.29 is 33.5 Å². The van der Waals surface area contributed by atoms with Crippen LogP contribution in [0.25, 0.3) is 11.1 Å². The summed E-state index contributed by atoms with van der Waals surface area (Å²) in [7, 11) is 4.60. The summed E-state index contributed by atoms with van der Waals surface area (Å²) in [6, 6.07) is 19.3. The highest BCUT2D eigenvalue weighted by Crippen LogP contribution is 2.45. The van der Waals surface area contributed by atoms with Crippen molar-refractivity contribution in [3.8, 4) is 34.1 Å². The van der Waals surface area contributed by atoms with Gasteiger partial charge in [0, 0.05) is 30.3 Å². The Hall–Kier alpha value is -5.29. The lowest BCUT2D eigenvalue weighted by Crippen LogP contribution is -2.52. The monoisotopic (exact) mass is 631 g/mol. The minimum atomic E-state index is -0.866. The van der Waals surface area contributed by atoms with Gasteiger partial charge in [-0.05, 0) is 55.8 Å². The number of fused-ring (bicyclic) bond motifs is 1. The molecule has 1 heterocycles. The van der Waals surface area contributed by atoms with E-state index in [1.165, 1.54) is 32.4 Å². The van der Waals surface area contributed by atoms with Crippen LogP contribution >= 0.6 is 11.6 Å². The van der Waals surface area contributed by atoms with Crippen molar-refractivity contribution >= 4 is 40.5 Å². The number of anilines is 2. The highest BCUT2D eigenvalue weighted by atomic mass is 35.5. The van der Waals surface area contributed by atoms with Crippen molar-refractivity contribution in [2.45, 2.75) is 26.0 Å². The minimum absolute atomic E-state index is 0.0951. The second-order valence-corrected chi connectivity index (χ2v) is 11.1. The summed E-state index contributed by atoms with van der Waals surface area (Å²) in [4.78, 5) is 38.7. The molecule has 1 aliphatic rings. The molecule has 1 N–H and O–H groups in total. The zero-order valence-electron chi connectivity index (χ0n) is 25.2.